The summed E-state index contributed by atoms with van der Waals surface area (Å²) in [5.41, 5.74) is -0.900. The van der Waals surface area contributed by atoms with Crippen LogP contribution in [-0.2, 0) is 14.3 Å². The molecule has 0 bridgehead atoms. The summed E-state index contributed by atoms with van der Waals surface area (Å²) < 4.78 is 4.39. The van der Waals surface area contributed by atoms with Gasteiger partial charge in [-0.15, -0.1) is 12.6 Å². The third-order valence-corrected chi connectivity index (χ3v) is 1.09. The van der Waals surface area contributed by atoms with Crippen molar-refractivity contribution in [2.24, 2.45) is 0 Å². The van der Waals surface area contributed by atoms with Crippen LogP contribution in [0.15, 0.2) is 0 Å². The Balaban J connectivity index is -0.000000320. The van der Waals surface area contributed by atoms with Crippen molar-refractivity contribution in [3.05, 3.63) is 0 Å². The van der Waals surface area contributed by atoms with Gasteiger partial charge >= 0.3 is 35.5 Å². The van der Waals surface area contributed by atoms with E-state index in [0.29, 0.717) is 0 Å². The van der Waals surface area contributed by atoms with E-state index >= 15 is 0 Å². The third-order valence-electron chi connectivity index (χ3n) is 0.625. The summed E-state index contributed by atoms with van der Waals surface area (Å²) in [6, 6.07) is 0. The molecule has 0 spiro atoms. The van der Waals surface area contributed by atoms with E-state index in [-0.39, 0.29) is 36.8 Å². The standard InChI is InChI=1S/C5H8O3S.Na.H/c1-3(6)5(9)8-4(2)7;;/h5,9H,1-2H3;;/q;+1;-1. The second-order valence-electron chi connectivity index (χ2n) is 1.57. The van der Waals surface area contributed by atoms with Gasteiger partial charge in [0.05, 0.1) is 0 Å². The molecule has 0 heterocycles. The fourth-order valence-electron chi connectivity index (χ4n) is 0.240. The maximum Gasteiger partial charge on any atom is 1.00 e. The average Bonchev–Trinajstić information content (AvgIpc) is 1.63. The molecule has 1 unspecified atom stereocenters. The molecule has 5 heteroatoms. The number of ether oxygens (including phenoxy) is 1. The van der Waals surface area contributed by atoms with E-state index in [1.165, 1.54) is 13.8 Å². The first-order chi connectivity index (χ1) is 4.04. The van der Waals surface area contributed by atoms with Gasteiger partial charge in [-0.1, -0.05) is 0 Å². The Morgan fingerprint density at radius 2 is 1.90 bits per heavy atom. The minimum absolute atomic E-state index is 0. The van der Waals surface area contributed by atoms with Crippen LogP contribution in [0.3, 0.4) is 0 Å². The molecule has 10 heavy (non-hydrogen) atoms. The van der Waals surface area contributed by atoms with E-state index in [9.17, 15) is 9.59 Å². The van der Waals surface area contributed by atoms with Gasteiger partial charge < -0.3 is 6.16 Å². The summed E-state index contributed by atoms with van der Waals surface area (Å²) in [7, 11) is 0. The zero-order valence-corrected chi connectivity index (χ0v) is 9.14. The predicted molar refractivity (Wildman–Crippen MR) is 36.3 cm³/mol. The topological polar surface area (TPSA) is 43.4 Å². The second-order valence-corrected chi connectivity index (χ2v) is 2.04. The number of thiol groups is 1. The molecule has 0 saturated heterocycles. The van der Waals surface area contributed by atoms with Crippen LogP contribution in [0.2, 0.25) is 0 Å². The van der Waals surface area contributed by atoms with E-state index in [1.807, 2.05) is 0 Å². The quantitative estimate of drug-likeness (QED) is 0.217. The molecule has 54 valence electrons. The van der Waals surface area contributed by atoms with Gasteiger partial charge in [0.1, 0.15) is 0 Å². The first kappa shape index (κ1) is 13.1. The second kappa shape index (κ2) is 6.22. The van der Waals surface area contributed by atoms with Crippen molar-refractivity contribution in [1.82, 2.24) is 0 Å². The van der Waals surface area contributed by atoms with Crippen molar-refractivity contribution in [1.29, 1.82) is 0 Å². The van der Waals surface area contributed by atoms with Gasteiger partial charge in [0, 0.05) is 6.92 Å². The summed E-state index contributed by atoms with van der Waals surface area (Å²) in [6.45, 7) is 2.53. The Labute approximate surface area is 88.7 Å². The van der Waals surface area contributed by atoms with Crippen LogP contribution in [0.5, 0.6) is 0 Å². The average molecular weight is 172 g/mol. The Bertz CT molecular complexity index is 142. The van der Waals surface area contributed by atoms with Crippen molar-refractivity contribution in [3.8, 4) is 0 Å². The van der Waals surface area contributed by atoms with Crippen molar-refractivity contribution in [2.75, 3.05) is 0 Å². The van der Waals surface area contributed by atoms with E-state index in [1.54, 1.807) is 0 Å². The molecule has 0 rings (SSSR count). The van der Waals surface area contributed by atoms with Gasteiger partial charge in [0.25, 0.3) is 0 Å². The van der Waals surface area contributed by atoms with Gasteiger partial charge in [-0.25, -0.2) is 0 Å². The number of hydrogen-bond acceptors (Lipinski definition) is 4. The van der Waals surface area contributed by atoms with Crippen LogP contribution in [0.4, 0.5) is 0 Å². The molecule has 0 aliphatic heterocycles. The minimum atomic E-state index is -0.900. The van der Waals surface area contributed by atoms with Crippen molar-refractivity contribution in [3.63, 3.8) is 0 Å². The molecule has 0 N–H and O–H groups in total. The van der Waals surface area contributed by atoms with Crippen LogP contribution in [0.25, 0.3) is 0 Å². The minimum Gasteiger partial charge on any atom is -1.00 e. The van der Waals surface area contributed by atoms with Gasteiger partial charge in [0.15, 0.2) is 5.78 Å². The van der Waals surface area contributed by atoms with Gasteiger partial charge in [-0.05, 0) is 6.92 Å². The summed E-state index contributed by atoms with van der Waals surface area (Å²) in [6.07, 6.45) is 0. The first-order valence-electron chi connectivity index (χ1n) is 2.39. The summed E-state index contributed by atoms with van der Waals surface area (Å²) in [5.74, 6) is -0.765. The number of ketones is 1. The zero-order chi connectivity index (χ0) is 7.44. The molecule has 0 radical (unpaired) electrons. The van der Waals surface area contributed by atoms with Gasteiger partial charge in [-0.2, -0.15) is 0 Å². The SMILES string of the molecule is CC(=O)OC(S)C(C)=O.[H-].[Na+]. The molecule has 0 aliphatic carbocycles. The number of carbonyl (C=O) groups excluding carboxylic acids is 2. The zero-order valence-electron chi connectivity index (χ0n) is 7.25. The van der Waals surface area contributed by atoms with Crippen LogP contribution >= 0.6 is 12.6 Å². The maximum atomic E-state index is 10.3. The third kappa shape index (κ3) is 6.61. The molecule has 1 atom stereocenters. The molecule has 0 amide bonds. The van der Waals surface area contributed by atoms with Crippen molar-refractivity contribution >= 4 is 24.4 Å². The van der Waals surface area contributed by atoms with E-state index < -0.39 is 11.4 Å². The number of hydrogen-bond donors (Lipinski definition) is 1. The van der Waals surface area contributed by atoms with E-state index in [2.05, 4.69) is 17.4 Å². The Hall–Kier alpha value is 0.490. The van der Waals surface area contributed by atoms with E-state index in [4.69, 9.17) is 0 Å². The number of Topliss-reactive ketones (excluding diaryl/α,β-unsaturated/α-hetero) is 1. The van der Waals surface area contributed by atoms with Gasteiger partial charge in [0.2, 0.25) is 5.44 Å². The molecule has 0 aliphatic rings. The summed E-state index contributed by atoms with van der Waals surface area (Å²) >= 11 is 3.67. The van der Waals surface area contributed by atoms with Crippen LogP contribution in [0.1, 0.15) is 15.3 Å². The Morgan fingerprint density at radius 3 is 2.00 bits per heavy atom. The Morgan fingerprint density at radius 1 is 1.50 bits per heavy atom. The number of carbonyl (C=O) groups is 2. The fraction of sp³-hybridized carbons (Fsp3) is 0.600. The smallest absolute Gasteiger partial charge is 1.00 e. The summed E-state index contributed by atoms with van der Waals surface area (Å²) in [5, 5.41) is 0. The fourth-order valence-corrected chi connectivity index (χ4v) is 0.389. The molecule has 0 aromatic carbocycles. The maximum absolute atomic E-state index is 10.3. The van der Waals surface area contributed by atoms with E-state index in [0.717, 1.165) is 0 Å². The van der Waals surface area contributed by atoms with Crippen molar-refractivity contribution in [2.45, 2.75) is 19.3 Å². The number of esters is 1. The molecular formula is C5H9NaO3S. The molecule has 0 saturated carbocycles. The van der Waals surface area contributed by atoms with Gasteiger partial charge in [-0.3, -0.25) is 9.59 Å². The van der Waals surface area contributed by atoms with Crippen LogP contribution < -0.4 is 29.6 Å². The van der Waals surface area contributed by atoms with Crippen LogP contribution in [0, 0.1) is 0 Å². The monoisotopic (exact) mass is 172 g/mol. The Kier molecular flexibility index (Phi) is 8.15. The molecule has 0 aromatic heterocycles. The summed E-state index contributed by atoms with van der Waals surface area (Å²) in [4.78, 5) is 20.5. The molecule has 0 fully saturated rings. The predicted octanol–water partition coefficient (Wildman–Crippen LogP) is -2.49. The molecule has 3 nitrogen and oxygen atoms in total. The molecular weight excluding hydrogens is 163 g/mol. The largest absolute Gasteiger partial charge is 1.00 e. The number of rotatable bonds is 2. The molecule has 0 aromatic rings. The first-order valence-corrected chi connectivity index (χ1v) is 2.91. The normalized spacial score (nSPS) is 11.1. The van der Waals surface area contributed by atoms with Crippen LogP contribution in [-0.4, -0.2) is 17.2 Å². The van der Waals surface area contributed by atoms with Crippen molar-refractivity contribution < 1.29 is 45.3 Å².